The SMILES string of the molecule is CSc1ccc(COC(=O)c2cc(-c3cccs3)nn2-c2ccccc2)cc1. The summed E-state index contributed by atoms with van der Waals surface area (Å²) in [4.78, 5) is 15.0. The molecule has 2 heterocycles. The molecule has 0 saturated carbocycles. The second-order valence-corrected chi connectivity index (χ2v) is 7.89. The molecule has 0 fully saturated rings. The quantitative estimate of drug-likeness (QED) is 0.305. The third kappa shape index (κ3) is 4.03. The van der Waals surface area contributed by atoms with Crippen LogP contribution in [0.1, 0.15) is 16.1 Å². The number of para-hydroxylation sites is 1. The maximum absolute atomic E-state index is 12.8. The molecule has 2 aromatic carbocycles. The van der Waals surface area contributed by atoms with Gasteiger partial charge in [0, 0.05) is 11.0 Å². The van der Waals surface area contributed by atoms with Crippen LogP contribution in [-0.4, -0.2) is 22.0 Å². The van der Waals surface area contributed by atoms with Gasteiger partial charge in [0.1, 0.15) is 12.3 Å². The molecule has 0 atom stereocenters. The van der Waals surface area contributed by atoms with Crippen LogP contribution in [0.3, 0.4) is 0 Å². The maximum atomic E-state index is 12.8. The summed E-state index contributed by atoms with van der Waals surface area (Å²) in [6.07, 6.45) is 2.03. The molecule has 0 spiro atoms. The van der Waals surface area contributed by atoms with Gasteiger partial charge in [-0.1, -0.05) is 36.4 Å². The van der Waals surface area contributed by atoms with E-state index in [-0.39, 0.29) is 6.61 Å². The van der Waals surface area contributed by atoms with Gasteiger partial charge in [-0.25, -0.2) is 9.48 Å². The van der Waals surface area contributed by atoms with Gasteiger partial charge in [-0.2, -0.15) is 5.10 Å². The largest absolute Gasteiger partial charge is 0.456 e. The minimum Gasteiger partial charge on any atom is -0.456 e. The number of hydrogen-bond acceptors (Lipinski definition) is 5. The van der Waals surface area contributed by atoms with Gasteiger partial charge >= 0.3 is 5.97 Å². The molecular weight excluding hydrogens is 388 g/mol. The van der Waals surface area contributed by atoms with E-state index in [2.05, 4.69) is 5.10 Å². The Hall–Kier alpha value is -2.83. The van der Waals surface area contributed by atoms with E-state index in [0.717, 1.165) is 21.8 Å². The smallest absolute Gasteiger partial charge is 0.357 e. The first-order valence-corrected chi connectivity index (χ1v) is 10.8. The Morgan fingerprint density at radius 1 is 1.07 bits per heavy atom. The van der Waals surface area contributed by atoms with Crippen molar-refractivity contribution in [2.45, 2.75) is 11.5 Å². The third-order valence-electron chi connectivity index (χ3n) is 4.22. The Morgan fingerprint density at radius 2 is 1.86 bits per heavy atom. The van der Waals surface area contributed by atoms with Crippen molar-refractivity contribution >= 4 is 29.1 Å². The lowest BCUT2D eigenvalue weighted by molar-refractivity contribution is 0.0462. The molecule has 0 aliphatic carbocycles. The predicted octanol–water partition coefficient (Wildman–Crippen LogP) is 5.68. The Kier molecular flexibility index (Phi) is 5.60. The lowest BCUT2D eigenvalue weighted by Gasteiger charge is -2.08. The molecule has 140 valence electrons. The third-order valence-corrected chi connectivity index (χ3v) is 5.86. The fraction of sp³-hybridized carbons (Fsp3) is 0.0909. The van der Waals surface area contributed by atoms with Gasteiger partial charge in [-0.15, -0.1) is 23.1 Å². The minimum absolute atomic E-state index is 0.224. The average Bonchev–Trinajstić information content (AvgIpc) is 3.43. The topological polar surface area (TPSA) is 44.1 Å². The van der Waals surface area contributed by atoms with Gasteiger partial charge < -0.3 is 4.74 Å². The van der Waals surface area contributed by atoms with Crippen LogP contribution in [0.2, 0.25) is 0 Å². The Balaban J connectivity index is 1.60. The van der Waals surface area contributed by atoms with E-state index >= 15 is 0 Å². The van der Waals surface area contributed by atoms with Crippen molar-refractivity contribution in [2.75, 3.05) is 6.26 Å². The summed E-state index contributed by atoms with van der Waals surface area (Å²) in [5, 5.41) is 6.64. The minimum atomic E-state index is -0.395. The van der Waals surface area contributed by atoms with E-state index in [0.29, 0.717) is 5.69 Å². The van der Waals surface area contributed by atoms with Crippen LogP contribution >= 0.6 is 23.1 Å². The van der Waals surface area contributed by atoms with Gasteiger partial charge in [-0.05, 0) is 47.5 Å². The standard InChI is InChI=1S/C22H18N2O2S2/c1-27-18-11-9-16(10-12-18)15-26-22(25)20-14-19(21-8-5-13-28-21)23-24(20)17-6-3-2-4-7-17/h2-14H,15H2,1H3. The van der Waals surface area contributed by atoms with Crippen LogP contribution in [0.4, 0.5) is 0 Å². The van der Waals surface area contributed by atoms with E-state index in [1.165, 1.54) is 4.90 Å². The number of carbonyl (C=O) groups excluding carboxylic acids is 1. The highest BCUT2D eigenvalue weighted by Crippen LogP contribution is 2.26. The number of hydrogen-bond donors (Lipinski definition) is 0. The number of ether oxygens (including phenoxy) is 1. The molecule has 28 heavy (non-hydrogen) atoms. The van der Waals surface area contributed by atoms with Crippen LogP contribution < -0.4 is 0 Å². The molecule has 0 aliphatic heterocycles. The summed E-state index contributed by atoms with van der Waals surface area (Å²) < 4.78 is 7.22. The van der Waals surface area contributed by atoms with Crippen LogP contribution in [-0.2, 0) is 11.3 Å². The van der Waals surface area contributed by atoms with E-state index in [1.807, 2.05) is 78.4 Å². The zero-order valence-electron chi connectivity index (χ0n) is 15.2. The first kappa shape index (κ1) is 18.5. The van der Waals surface area contributed by atoms with Gasteiger partial charge in [0.05, 0.1) is 10.6 Å². The van der Waals surface area contributed by atoms with Gasteiger partial charge in [0.15, 0.2) is 5.69 Å². The molecule has 2 aromatic heterocycles. The van der Waals surface area contributed by atoms with E-state index < -0.39 is 5.97 Å². The highest BCUT2D eigenvalue weighted by atomic mass is 32.2. The van der Waals surface area contributed by atoms with Crippen LogP contribution in [0.15, 0.2) is 83.1 Å². The molecule has 0 saturated heterocycles. The van der Waals surface area contributed by atoms with Crippen LogP contribution in [0.25, 0.3) is 16.3 Å². The Morgan fingerprint density at radius 3 is 2.54 bits per heavy atom. The number of thioether (sulfide) groups is 1. The van der Waals surface area contributed by atoms with Crippen molar-refractivity contribution in [3.05, 3.63) is 89.4 Å². The second kappa shape index (κ2) is 8.46. The number of benzene rings is 2. The van der Waals surface area contributed by atoms with E-state index in [9.17, 15) is 4.79 Å². The molecule has 0 unspecified atom stereocenters. The zero-order valence-corrected chi connectivity index (χ0v) is 16.9. The summed E-state index contributed by atoms with van der Waals surface area (Å²) in [5.74, 6) is -0.395. The molecule has 4 aromatic rings. The molecule has 4 nitrogen and oxygen atoms in total. The number of esters is 1. The molecule has 0 amide bonds. The zero-order chi connectivity index (χ0) is 19.3. The van der Waals surface area contributed by atoms with Crippen molar-refractivity contribution in [3.63, 3.8) is 0 Å². The molecule has 6 heteroatoms. The molecule has 0 aliphatic rings. The fourth-order valence-electron chi connectivity index (χ4n) is 2.78. The molecular formula is C22H18N2O2S2. The number of nitrogens with zero attached hydrogens (tertiary/aromatic N) is 2. The fourth-order valence-corrected chi connectivity index (χ4v) is 3.87. The highest BCUT2D eigenvalue weighted by molar-refractivity contribution is 7.98. The normalized spacial score (nSPS) is 10.8. The maximum Gasteiger partial charge on any atom is 0.357 e. The molecule has 4 rings (SSSR count). The van der Waals surface area contributed by atoms with Crippen molar-refractivity contribution < 1.29 is 9.53 Å². The van der Waals surface area contributed by atoms with Crippen molar-refractivity contribution in [1.82, 2.24) is 9.78 Å². The number of thiophene rings is 1. The first-order chi connectivity index (χ1) is 13.7. The van der Waals surface area contributed by atoms with Crippen molar-refractivity contribution in [1.29, 1.82) is 0 Å². The van der Waals surface area contributed by atoms with Crippen LogP contribution in [0.5, 0.6) is 0 Å². The van der Waals surface area contributed by atoms with Crippen molar-refractivity contribution in [3.8, 4) is 16.3 Å². The van der Waals surface area contributed by atoms with Crippen LogP contribution in [0, 0.1) is 0 Å². The van der Waals surface area contributed by atoms with E-state index in [4.69, 9.17) is 4.74 Å². The van der Waals surface area contributed by atoms with Gasteiger partial charge in [0.2, 0.25) is 0 Å². The predicted molar refractivity (Wildman–Crippen MR) is 114 cm³/mol. The summed E-state index contributed by atoms with van der Waals surface area (Å²) in [6.45, 7) is 0.224. The molecule has 0 bridgehead atoms. The highest BCUT2D eigenvalue weighted by Gasteiger charge is 2.19. The van der Waals surface area contributed by atoms with Gasteiger partial charge in [0.25, 0.3) is 0 Å². The summed E-state index contributed by atoms with van der Waals surface area (Å²) in [7, 11) is 0. The molecule has 0 N–H and O–H groups in total. The van der Waals surface area contributed by atoms with E-state index in [1.54, 1.807) is 33.8 Å². The summed E-state index contributed by atoms with van der Waals surface area (Å²) in [6, 6.07) is 23.4. The number of aromatic nitrogens is 2. The summed E-state index contributed by atoms with van der Waals surface area (Å²) >= 11 is 3.27. The first-order valence-electron chi connectivity index (χ1n) is 8.74. The van der Waals surface area contributed by atoms with Gasteiger partial charge in [-0.3, -0.25) is 0 Å². The number of rotatable bonds is 6. The lowest BCUT2D eigenvalue weighted by atomic mass is 10.2. The summed E-state index contributed by atoms with van der Waals surface area (Å²) in [5.41, 5.74) is 2.95. The number of carbonyl (C=O) groups is 1. The lowest BCUT2D eigenvalue weighted by Crippen LogP contribution is -2.12. The Bertz CT molecular complexity index is 1060. The monoisotopic (exact) mass is 406 g/mol. The second-order valence-electron chi connectivity index (χ2n) is 6.06. The van der Waals surface area contributed by atoms with Crippen molar-refractivity contribution in [2.24, 2.45) is 0 Å². The molecule has 0 radical (unpaired) electrons. The average molecular weight is 407 g/mol. The Labute approximate surface area is 171 Å².